The molecule has 0 atom stereocenters. The van der Waals surface area contributed by atoms with Crippen molar-refractivity contribution in [1.29, 1.82) is 5.26 Å². The van der Waals surface area contributed by atoms with Crippen molar-refractivity contribution in [2.45, 2.75) is 6.42 Å². The summed E-state index contributed by atoms with van der Waals surface area (Å²) in [6, 6.07) is 3.56. The van der Waals surface area contributed by atoms with Crippen molar-refractivity contribution in [3.63, 3.8) is 0 Å². The average molecular weight is 266 g/mol. The van der Waals surface area contributed by atoms with E-state index in [1.807, 2.05) is 6.07 Å². The maximum Gasteiger partial charge on any atom is 0.293 e. The van der Waals surface area contributed by atoms with E-state index in [0.717, 1.165) is 17.0 Å². The van der Waals surface area contributed by atoms with E-state index in [-0.39, 0.29) is 13.0 Å². The lowest BCUT2D eigenvalue weighted by Gasteiger charge is -2.16. The number of halogens is 1. The SMILES string of the molecule is CN(CCC#N)C(=O)c1c(F)ccc([N+](=O)[O-])c1N. The van der Waals surface area contributed by atoms with Gasteiger partial charge in [0.05, 0.1) is 17.4 Å². The van der Waals surface area contributed by atoms with Crippen molar-refractivity contribution >= 4 is 17.3 Å². The molecule has 0 fully saturated rings. The van der Waals surface area contributed by atoms with Crippen LogP contribution in [-0.2, 0) is 0 Å². The normalized spacial score (nSPS) is 9.74. The van der Waals surface area contributed by atoms with Crippen LogP contribution in [0.25, 0.3) is 0 Å². The van der Waals surface area contributed by atoms with Crippen molar-refractivity contribution in [2.75, 3.05) is 19.3 Å². The fourth-order valence-electron chi connectivity index (χ4n) is 1.47. The maximum absolute atomic E-state index is 13.6. The van der Waals surface area contributed by atoms with Crippen molar-refractivity contribution in [1.82, 2.24) is 4.90 Å². The van der Waals surface area contributed by atoms with Crippen molar-refractivity contribution < 1.29 is 14.1 Å². The second-order valence-corrected chi connectivity index (χ2v) is 3.75. The number of carbonyl (C=O) groups is 1. The molecule has 7 nitrogen and oxygen atoms in total. The molecule has 0 radical (unpaired) electrons. The molecule has 0 unspecified atom stereocenters. The first-order valence-corrected chi connectivity index (χ1v) is 5.25. The van der Waals surface area contributed by atoms with Crippen LogP contribution < -0.4 is 5.73 Å². The fourth-order valence-corrected chi connectivity index (χ4v) is 1.47. The molecule has 0 aliphatic rings. The fraction of sp³-hybridized carbons (Fsp3) is 0.273. The number of benzene rings is 1. The molecule has 0 aromatic heterocycles. The Balaban J connectivity index is 3.19. The van der Waals surface area contributed by atoms with Crippen LogP contribution in [0, 0.1) is 27.3 Å². The molecule has 1 aromatic carbocycles. The van der Waals surface area contributed by atoms with Gasteiger partial charge in [-0.25, -0.2) is 4.39 Å². The first-order chi connectivity index (χ1) is 8.90. The molecule has 0 heterocycles. The van der Waals surface area contributed by atoms with E-state index in [4.69, 9.17) is 11.0 Å². The molecule has 0 bridgehead atoms. The van der Waals surface area contributed by atoms with Gasteiger partial charge in [0.25, 0.3) is 11.6 Å². The number of hydrogen-bond acceptors (Lipinski definition) is 5. The van der Waals surface area contributed by atoms with Crippen LogP contribution in [-0.4, -0.2) is 29.3 Å². The van der Waals surface area contributed by atoms with E-state index in [9.17, 15) is 19.3 Å². The summed E-state index contributed by atoms with van der Waals surface area (Å²) in [6.07, 6.45) is 0.0681. The number of nitrogen functional groups attached to an aromatic ring is 1. The molecular weight excluding hydrogens is 255 g/mol. The number of anilines is 1. The molecule has 19 heavy (non-hydrogen) atoms. The standard InChI is InChI=1S/C11H11FN4O3/c1-15(6-2-5-13)11(17)9-7(12)3-4-8(10(9)14)16(18)19/h3-4H,2,6,14H2,1H3. The van der Waals surface area contributed by atoms with Gasteiger partial charge in [0.1, 0.15) is 17.1 Å². The highest BCUT2D eigenvalue weighted by atomic mass is 19.1. The van der Waals surface area contributed by atoms with Crippen LogP contribution in [0.4, 0.5) is 15.8 Å². The van der Waals surface area contributed by atoms with E-state index < -0.39 is 33.6 Å². The van der Waals surface area contributed by atoms with E-state index in [0.29, 0.717) is 0 Å². The van der Waals surface area contributed by atoms with Gasteiger partial charge in [-0.05, 0) is 6.07 Å². The third-order valence-electron chi connectivity index (χ3n) is 2.49. The summed E-state index contributed by atoms with van der Waals surface area (Å²) in [7, 11) is 1.36. The Morgan fingerprint density at radius 1 is 1.63 bits per heavy atom. The van der Waals surface area contributed by atoms with Crippen molar-refractivity contribution in [3.05, 3.63) is 33.6 Å². The summed E-state index contributed by atoms with van der Waals surface area (Å²) < 4.78 is 13.6. The number of nitrogens with two attached hydrogens (primary N) is 1. The topological polar surface area (TPSA) is 113 Å². The van der Waals surface area contributed by atoms with Gasteiger partial charge in [-0.1, -0.05) is 0 Å². The van der Waals surface area contributed by atoms with E-state index >= 15 is 0 Å². The number of hydrogen-bond donors (Lipinski definition) is 1. The highest BCUT2D eigenvalue weighted by Gasteiger charge is 2.25. The molecule has 8 heteroatoms. The van der Waals surface area contributed by atoms with Gasteiger partial charge in [-0.15, -0.1) is 0 Å². The maximum atomic E-state index is 13.6. The highest BCUT2D eigenvalue weighted by Crippen LogP contribution is 2.28. The molecule has 2 N–H and O–H groups in total. The molecular formula is C11H11FN4O3. The zero-order valence-electron chi connectivity index (χ0n) is 10.1. The second-order valence-electron chi connectivity index (χ2n) is 3.75. The van der Waals surface area contributed by atoms with Gasteiger partial charge in [0.15, 0.2) is 0 Å². The molecule has 0 saturated carbocycles. The molecule has 0 aliphatic carbocycles. The summed E-state index contributed by atoms with van der Waals surface area (Å²) in [4.78, 5) is 22.9. The van der Waals surface area contributed by atoms with Gasteiger partial charge in [0.2, 0.25) is 0 Å². The number of nitriles is 1. The molecule has 0 aliphatic heterocycles. The number of amides is 1. The number of carbonyl (C=O) groups excluding carboxylic acids is 1. The number of nitro groups is 1. The van der Waals surface area contributed by atoms with Crippen LogP contribution in [0.1, 0.15) is 16.8 Å². The molecule has 0 spiro atoms. The lowest BCUT2D eigenvalue weighted by Crippen LogP contribution is -2.29. The van der Waals surface area contributed by atoms with E-state index in [1.54, 1.807) is 0 Å². The smallest absolute Gasteiger partial charge is 0.293 e. The summed E-state index contributed by atoms with van der Waals surface area (Å²) in [5.41, 5.74) is 3.87. The third-order valence-corrected chi connectivity index (χ3v) is 2.49. The predicted molar refractivity (Wildman–Crippen MR) is 64.7 cm³/mol. The lowest BCUT2D eigenvalue weighted by atomic mass is 10.1. The predicted octanol–water partition coefficient (Wildman–Crippen LogP) is 1.30. The summed E-state index contributed by atoms with van der Waals surface area (Å²) in [5, 5.41) is 19.1. The van der Waals surface area contributed by atoms with Crippen LogP contribution >= 0.6 is 0 Å². The number of nitrogens with zero attached hydrogens (tertiary/aromatic N) is 3. The molecule has 100 valence electrons. The minimum absolute atomic E-state index is 0.0681. The molecule has 1 rings (SSSR count). The Hall–Kier alpha value is -2.69. The zero-order chi connectivity index (χ0) is 14.6. The van der Waals surface area contributed by atoms with Gasteiger partial charge in [0, 0.05) is 19.7 Å². The summed E-state index contributed by atoms with van der Waals surface area (Å²) in [6.45, 7) is 0.0803. The number of rotatable bonds is 4. The molecule has 1 aromatic rings. The minimum atomic E-state index is -0.933. The van der Waals surface area contributed by atoms with Crippen molar-refractivity contribution in [2.24, 2.45) is 0 Å². The van der Waals surface area contributed by atoms with Gasteiger partial charge in [-0.3, -0.25) is 14.9 Å². The zero-order valence-corrected chi connectivity index (χ0v) is 10.1. The lowest BCUT2D eigenvalue weighted by molar-refractivity contribution is -0.384. The minimum Gasteiger partial charge on any atom is -0.392 e. The Morgan fingerprint density at radius 2 is 2.26 bits per heavy atom. The average Bonchev–Trinajstić information content (AvgIpc) is 2.35. The third kappa shape index (κ3) is 2.95. The second kappa shape index (κ2) is 5.77. The molecule has 1 amide bonds. The first kappa shape index (κ1) is 14.4. The van der Waals surface area contributed by atoms with Gasteiger partial charge in [-0.2, -0.15) is 5.26 Å². The largest absolute Gasteiger partial charge is 0.392 e. The Morgan fingerprint density at radius 3 is 2.79 bits per heavy atom. The van der Waals surface area contributed by atoms with E-state index in [2.05, 4.69) is 0 Å². The quantitative estimate of drug-likeness (QED) is 0.501. The van der Waals surface area contributed by atoms with Crippen LogP contribution in [0.15, 0.2) is 12.1 Å². The number of nitro benzene ring substituents is 1. The van der Waals surface area contributed by atoms with E-state index in [1.165, 1.54) is 7.05 Å². The summed E-state index contributed by atoms with van der Waals surface area (Å²) in [5.74, 6) is -1.73. The first-order valence-electron chi connectivity index (χ1n) is 5.25. The Kier molecular flexibility index (Phi) is 4.36. The van der Waals surface area contributed by atoms with Gasteiger partial charge < -0.3 is 10.6 Å². The van der Waals surface area contributed by atoms with Crippen molar-refractivity contribution in [3.8, 4) is 6.07 Å². The van der Waals surface area contributed by atoms with Crippen LogP contribution in [0.3, 0.4) is 0 Å². The van der Waals surface area contributed by atoms with Gasteiger partial charge >= 0.3 is 0 Å². The van der Waals surface area contributed by atoms with Crippen LogP contribution in [0.5, 0.6) is 0 Å². The highest BCUT2D eigenvalue weighted by molar-refractivity contribution is 6.01. The monoisotopic (exact) mass is 266 g/mol. The Labute approximate surface area is 108 Å². The Bertz CT molecular complexity index is 568. The van der Waals surface area contributed by atoms with Crippen LogP contribution in [0.2, 0.25) is 0 Å². The molecule has 0 saturated heterocycles. The summed E-state index contributed by atoms with van der Waals surface area (Å²) >= 11 is 0.